The Morgan fingerprint density at radius 1 is 1.11 bits per heavy atom. The van der Waals surface area contributed by atoms with Crippen LogP contribution in [-0.2, 0) is 6.18 Å². The number of alkyl halides is 3. The van der Waals surface area contributed by atoms with Gasteiger partial charge in [-0.05, 0) is 61.1 Å². The number of hydrogen-bond acceptors (Lipinski definition) is 4. The van der Waals surface area contributed by atoms with E-state index in [0.29, 0.717) is 36.6 Å². The summed E-state index contributed by atoms with van der Waals surface area (Å²) in [5.41, 5.74) is 6.70. The number of halogens is 3. The van der Waals surface area contributed by atoms with Crippen molar-refractivity contribution in [2.24, 2.45) is 0 Å². The monoisotopic (exact) mass is 396 g/mol. The molecule has 1 fully saturated rings. The van der Waals surface area contributed by atoms with Gasteiger partial charge in [0.1, 0.15) is 0 Å². The van der Waals surface area contributed by atoms with Crippen molar-refractivity contribution in [3.63, 3.8) is 0 Å². The number of aliphatic hydroxyl groups is 1. The van der Waals surface area contributed by atoms with E-state index < -0.39 is 17.8 Å². The van der Waals surface area contributed by atoms with E-state index in [4.69, 9.17) is 18.0 Å². The molecule has 1 aliphatic heterocycles. The van der Waals surface area contributed by atoms with Gasteiger partial charge >= 0.3 is 6.18 Å². The van der Waals surface area contributed by atoms with Crippen LogP contribution in [0.25, 0.3) is 0 Å². The zero-order valence-electron chi connectivity index (χ0n) is 14.3. The average molecular weight is 396 g/mol. The normalized spacial score (nSPS) is 17.0. The van der Waals surface area contributed by atoms with Crippen molar-refractivity contribution in [3.05, 3.63) is 48.0 Å². The summed E-state index contributed by atoms with van der Waals surface area (Å²) in [6.45, 7) is 0.797. The largest absolute Gasteiger partial charge is 0.416 e. The van der Waals surface area contributed by atoms with Crippen molar-refractivity contribution in [1.29, 1.82) is 0 Å². The van der Waals surface area contributed by atoms with Crippen LogP contribution in [-0.4, -0.2) is 29.4 Å². The summed E-state index contributed by atoms with van der Waals surface area (Å²) >= 11 is 5.20. The van der Waals surface area contributed by atoms with E-state index in [2.05, 4.69) is 10.6 Å². The van der Waals surface area contributed by atoms with Gasteiger partial charge in [0.2, 0.25) is 0 Å². The first-order chi connectivity index (χ1) is 12.7. The Hall–Kier alpha value is -2.52. The van der Waals surface area contributed by atoms with Gasteiger partial charge in [-0.15, -0.1) is 0 Å². The molecule has 1 heterocycles. The molecular weight excluding hydrogens is 377 g/mol. The molecule has 5 nitrogen and oxygen atoms in total. The first-order valence-electron chi connectivity index (χ1n) is 8.29. The van der Waals surface area contributed by atoms with E-state index in [0.717, 1.165) is 12.1 Å². The number of rotatable bonds is 3. The number of nitrogen functional groups attached to an aromatic ring is 1. The van der Waals surface area contributed by atoms with Crippen LogP contribution >= 0.6 is 12.2 Å². The lowest BCUT2D eigenvalue weighted by Gasteiger charge is -2.21. The Kier molecular flexibility index (Phi) is 5.43. The fourth-order valence-corrected chi connectivity index (χ4v) is 3.10. The van der Waals surface area contributed by atoms with Crippen LogP contribution < -0.4 is 21.3 Å². The van der Waals surface area contributed by atoms with Gasteiger partial charge in [0, 0.05) is 35.8 Å². The molecule has 0 amide bonds. The van der Waals surface area contributed by atoms with Crippen molar-refractivity contribution < 1.29 is 18.3 Å². The SMILES string of the molecule is Nc1ccc(NC(=S)Nc2cc(N3CCC(O)C3)cc(C(F)(F)F)c2)cc1. The lowest BCUT2D eigenvalue weighted by molar-refractivity contribution is -0.137. The molecule has 1 atom stereocenters. The highest BCUT2D eigenvalue weighted by Crippen LogP contribution is 2.35. The highest BCUT2D eigenvalue weighted by molar-refractivity contribution is 7.80. The minimum absolute atomic E-state index is 0.159. The summed E-state index contributed by atoms with van der Waals surface area (Å²) in [7, 11) is 0. The van der Waals surface area contributed by atoms with Gasteiger partial charge in [-0.25, -0.2) is 0 Å². The Bertz CT molecular complexity index is 826. The quantitative estimate of drug-likeness (QED) is 0.469. The second kappa shape index (κ2) is 7.61. The van der Waals surface area contributed by atoms with Crippen LogP contribution in [0.5, 0.6) is 0 Å². The maximum absolute atomic E-state index is 13.3. The van der Waals surface area contributed by atoms with Crippen molar-refractivity contribution >= 4 is 40.1 Å². The van der Waals surface area contributed by atoms with Gasteiger partial charge in [0.15, 0.2) is 5.11 Å². The van der Waals surface area contributed by atoms with Crippen LogP contribution in [0, 0.1) is 0 Å². The predicted octanol–water partition coefficient (Wildman–Crippen LogP) is 3.67. The second-order valence-electron chi connectivity index (χ2n) is 6.36. The number of nitrogens with one attached hydrogen (secondary N) is 2. The van der Waals surface area contributed by atoms with Gasteiger partial charge in [0.25, 0.3) is 0 Å². The van der Waals surface area contributed by atoms with Crippen molar-refractivity contribution in [2.75, 3.05) is 34.4 Å². The smallest absolute Gasteiger partial charge is 0.399 e. The lowest BCUT2D eigenvalue weighted by Crippen LogP contribution is -2.23. The van der Waals surface area contributed by atoms with Gasteiger partial charge in [-0.3, -0.25) is 0 Å². The molecule has 0 radical (unpaired) electrons. The van der Waals surface area contributed by atoms with E-state index >= 15 is 0 Å². The number of thiocarbonyl (C=S) groups is 1. The standard InChI is InChI=1S/C18H19F3N4OS/c19-18(20,21)11-7-14(9-15(8-11)25-6-5-16(26)10-25)24-17(27)23-13-3-1-12(22)2-4-13/h1-4,7-9,16,26H,5-6,10,22H2,(H2,23,24,27). The molecule has 0 bridgehead atoms. The molecule has 27 heavy (non-hydrogen) atoms. The second-order valence-corrected chi connectivity index (χ2v) is 6.76. The molecule has 1 aliphatic rings. The first-order valence-corrected chi connectivity index (χ1v) is 8.70. The van der Waals surface area contributed by atoms with Gasteiger partial charge in [-0.2, -0.15) is 13.2 Å². The molecule has 0 saturated carbocycles. The summed E-state index contributed by atoms with van der Waals surface area (Å²) in [4.78, 5) is 1.72. The Morgan fingerprint density at radius 2 is 1.78 bits per heavy atom. The maximum atomic E-state index is 13.3. The molecule has 2 aromatic carbocycles. The van der Waals surface area contributed by atoms with Crippen molar-refractivity contribution in [2.45, 2.75) is 18.7 Å². The molecule has 0 spiro atoms. The molecule has 0 aromatic heterocycles. The molecule has 2 aromatic rings. The number of anilines is 4. The third kappa shape index (κ3) is 5.01. The fourth-order valence-electron chi connectivity index (χ4n) is 2.87. The van der Waals surface area contributed by atoms with Crippen LogP contribution in [0.15, 0.2) is 42.5 Å². The molecule has 5 N–H and O–H groups in total. The zero-order chi connectivity index (χ0) is 19.6. The highest BCUT2D eigenvalue weighted by Gasteiger charge is 2.32. The van der Waals surface area contributed by atoms with Crippen molar-refractivity contribution in [3.8, 4) is 0 Å². The molecular formula is C18H19F3N4OS. The summed E-state index contributed by atoms with van der Waals surface area (Å²) in [5, 5.41) is 15.5. The van der Waals surface area contributed by atoms with Crippen molar-refractivity contribution in [1.82, 2.24) is 0 Å². The topological polar surface area (TPSA) is 73.5 Å². The molecule has 3 rings (SSSR count). The van der Waals surface area contributed by atoms with Gasteiger partial charge in [-0.1, -0.05) is 0 Å². The minimum Gasteiger partial charge on any atom is -0.399 e. The van der Waals surface area contributed by atoms with E-state index in [1.165, 1.54) is 0 Å². The third-order valence-corrected chi connectivity index (χ3v) is 4.40. The fraction of sp³-hybridized carbons (Fsp3) is 0.278. The number of nitrogens with two attached hydrogens (primary N) is 1. The molecule has 1 saturated heterocycles. The van der Waals surface area contributed by atoms with E-state index in [-0.39, 0.29) is 10.8 Å². The van der Waals surface area contributed by atoms with Crippen LogP contribution in [0.3, 0.4) is 0 Å². The lowest BCUT2D eigenvalue weighted by atomic mass is 10.1. The van der Waals surface area contributed by atoms with Gasteiger partial charge < -0.3 is 26.4 Å². The summed E-state index contributed by atoms with van der Waals surface area (Å²) < 4.78 is 39.8. The number of benzene rings is 2. The van der Waals surface area contributed by atoms with Crippen LogP contribution in [0.4, 0.5) is 35.9 Å². The maximum Gasteiger partial charge on any atom is 0.416 e. The van der Waals surface area contributed by atoms with Crippen LogP contribution in [0.2, 0.25) is 0 Å². The average Bonchev–Trinajstić information content (AvgIpc) is 3.02. The number of hydrogen-bond donors (Lipinski definition) is 4. The van der Waals surface area contributed by atoms with E-state index in [9.17, 15) is 18.3 Å². The highest BCUT2D eigenvalue weighted by atomic mass is 32.1. The van der Waals surface area contributed by atoms with E-state index in [1.54, 1.807) is 35.2 Å². The third-order valence-electron chi connectivity index (χ3n) is 4.20. The predicted molar refractivity (Wildman–Crippen MR) is 105 cm³/mol. The minimum atomic E-state index is -4.49. The molecule has 144 valence electrons. The van der Waals surface area contributed by atoms with Gasteiger partial charge in [0.05, 0.1) is 11.7 Å². The first kappa shape index (κ1) is 19.2. The molecule has 9 heteroatoms. The summed E-state index contributed by atoms with van der Waals surface area (Å²) in [5.74, 6) is 0. The summed E-state index contributed by atoms with van der Waals surface area (Å²) in [6, 6.07) is 10.5. The zero-order valence-corrected chi connectivity index (χ0v) is 15.1. The number of nitrogens with zero attached hydrogens (tertiary/aromatic N) is 1. The molecule has 1 unspecified atom stereocenters. The Balaban J connectivity index is 1.80. The number of β-amino-alcohol motifs (C(OH)–C–C–N with tert-alkyl or cyclic N) is 1. The number of aliphatic hydroxyl groups excluding tert-OH is 1. The Labute approximate surface area is 160 Å². The van der Waals surface area contributed by atoms with E-state index in [1.807, 2.05) is 0 Å². The Morgan fingerprint density at radius 3 is 2.37 bits per heavy atom. The van der Waals surface area contributed by atoms with Crippen LogP contribution in [0.1, 0.15) is 12.0 Å². The molecule has 0 aliphatic carbocycles. The summed E-state index contributed by atoms with van der Waals surface area (Å²) in [6.07, 6.45) is -4.50.